The van der Waals surface area contributed by atoms with Gasteiger partial charge in [-0.15, -0.1) is 0 Å². The third-order valence-electron chi connectivity index (χ3n) is 7.34. The molecule has 4 heteroatoms. The number of rotatable bonds is 10. The van der Waals surface area contributed by atoms with Crippen molar-refractivity contribution in [3.05, 3.63) is 59.7 Å². The lowest BCUT2D eigenvalue weighted by molar-refractivity contribution is -0.942. The summed E-state index contributed by atoms with van der Waals surface area (Å²) < 4.78 is 12.3. The van der Waals surface area contributed by atoms with Crippen molar-refractivity contribution in [3.8, 4) is 11.5 Å². The SMILES string of the molecule is COc1ccc(C[N+]2(C[C@H](O)COc3ccc(C(C)(C)CC(C)(C)C)cc3)CCCCCC2)cc1. The first-order chi connectivity index (χ1) is 16.5. The maximum atomic E-state index is 11.0. The fourth-order valence-electron chi connectivity index (χ4n) is 6.01. The van der Waals surface area contributed by atoms with Gasteiger partial charge in [0.25, 0.3) is 0 Å². The third kappa shape index (κ3) is 8.54. The summed E-state index contributed by atoms with van der Waals surface area (Å²) in [5.74, 6) is 1.72. The Morgan fingerprint density at radius 3 is 1.94 bits per heavy atom. The maximum absolute atomic E-state index is 11.0. The molecule has 4 nitrogen and oxygen atoms in total. The smallest absolute Gasteiger partial charge is 0.137 e. The molecule has 0 aliphatic carbocycles. The fourth-order valence-corrected chi connectivity index (χ4v) is 6.01. The van der Waals surface area contributed by atoms with Gasteiger partial charge in [-0.05, 0) is 84.9 Å². The van der Waals surface area contributed by atoms with E-state index in [4.69, 9.17) is 9.47 Å². The van der Waals surface area contributed by atoms with E-state index >= 15 is 0 Å². The zero-order valence-electron chi connectivity index (χ0n) is 23.0. The maximum Gasteiger partial charge on any atom is 0.137 e. The fraction of sp³-hybridized carbons (Fsp3) is 0.613. The summed E-state index contributed by atoms with van der Waals surface area (Å²) in [6, 6.07) is 16.9. The monoisotopic (exact) mass is 482 g/mol. The van der Waals surface area contributed by atoms with Gasteiger partial charge in [0.05, 0.1) is 20.2 Å². The molecule has 0 spiro atoms. The van der Waals surface area contributed by atoms with Crippen LogP contribution in [-0.2, 0) is 12.0 Å². The van der Waals surface area contributed by atoms with E-state index in [1.807, 2.05) is 12.1 Å². The third-order valence-corrected chi connectivity index (χ3v) is 7.34. The van der Waals surface area contributed by atoms with Crippen LogP contribution < -0.4 is 9.47 Å². The molecule has 0 unspecified atom stereocenters. The Balaban J connectivity index is 1.61. The van der Waals surface area contributed by atoms with Crippen molar-refractivity contribution < 1.29 is 19.1 Å². The van der Waals surface area contributed by atoms with Crippen molar-refractivity contribution in [1.82, 2.24) is 0 Å². The molecule has 1 saturated heterocycles. The summed E-state index contributed by atoms with van der Waals surface area (Å²) in [4.78, 5) is 0. The number of aliphatic hydroxyl groups excluding tert-OH is 1. The lowest BCUT2D eigenvalue weighted by Gasteiger charge is -2.39. The quantitative estimate of drug-likeness (QED) is 0.381. The highest BCUT2D eigenvalue weighted by Crippen LogP contribution is 2.36. The predicted molar refractivity (Wildman–Crippen MR) is 145 cm³/mol. The molecule has 0 saturated carbocycles. The number of hydrogen-bond acceptors (Lipinski definition) is 3. The number of methoxy groups -OCH3 is 1. The Morgan fingerprint density at radius 2 is 1.40 bits per heavy atom. The molecule has 194 valence electrons. The number of hydrogen-bond donors (Lipinski definition) is 1. The van der Waals surface area contributed by atoms with Gasteiger partial charge in [-0.25, -0.2) is 0 Å². The zero-order chi connectivity index (χ0) is 25.5. The van der Waals surface area contributed by atoms with Crippen molar-refractivity contribution >= 4 is 0 Å². The van der Waals surface area contributed by atoms with Gasteiger partial charge in [0.1, 0.15) is 37.3 Å². The van der Waals surface area contributed by atoms with E-state index in [2.05, 4.69) is 71.0 Å². The molecule has 0 amide bonds. The Labute approximate surface area is 213 Å². The molecule has 1 fully saturated rings. The minimum Gasteiger partial charge on any atom is -0.497 e. The summed E-state index contributed by atoms with van der Waals surface area (Å²) in [7, 11) is 1.70. The minimum absolute atomic E-state index is 0.112. The molecular weight excluding hydrogens is 434 g/mol. The van der Waals surface area contributed by atoms with Crippen LogP contribution in [0.4, 0.5) is 0 Å². The standard InChI is InChI=1S/C31H48NO3/c1-30(2,3)24-31(4,5)26-13-17-29(18-14-26)35-23-27(33)22-32(19-9-7-8-10-20-32)21-25-11-15-28(34-6)16-12-25/h11-18,27,33H,7-10,19-24H2,1-6H3/q+1/t27-/m0/s1. The van der Waals surface area contributed by atoms with Crippen molar-refractivity contribution in [2.75, 3.05) is 33.4 Å². The zero-order valence-corrected chi connectivity index (χ0v) is 23.0. The van der Waals surface area contributed by atoms with E-state index in [1.165, 1.54) is 36.8 Å². The van der Waals surface area contributed by atoms with Crippen molar-refractivity contribution in [2.24, 2.45) is 5.41 Å². The van der Waals surface area contributed by atoms with Gasteiger partial charge in [0.15, 0.2) is 0 Å². The Hall–Kier alpha value is -2.04. The van der Waals surface area contributed by atoms with Crippen LogP contribution in [0.3, 0.4) is 0 Å². The van der Waals surface area contributed by atoms with Gasteiger partial charge in [-0.1, -0.05) is 46.8 Å². The second-order valence-electron chi connectivity index (χ2n) is 12.5. The number of likely N-dealkylation sites (tertiary alicyclic amines) is 1. The normalized spacial score (nSPS) is 17.5. The van der Waals surface area contributed by atoms with E-state index in [0.717, 1.165) is 48.6 Å². The predicted octanol–water partition coefficient (Wildman–Crippen LogP) is 6.74. The lowest BCUT2D eigenvalue weighted by atomic mass is 9.72. The second kappa shape index (κ2) is 11.8. The highest BCUT2D eigenvalue weighted by molar-refractivity contribution is 5.32. The van der Waals surface area contributed by atoms with Gasteiger partial charge in [-0.3, -0.25) is 0 Å². The number of ether oxygens (including phenoxy) is 2. The molecule has 0 aromatic heterocycles. The molecular formula is C31H48NO3+. The molecule has 2 aromatic carbocycles. The number of quaternary nitrogens is 1. The summed E-state index contributed by atoms with van der Waals surface area (Å²) in [6.07, 6.45) is 5.63. The van der Waals surface area contributed by atoms with Crippen molar-refractivity contribution in [1.29, 1.82) is 0 Å². The van der Waals surface area contributed by atoms with E-state index in [-0.39, 0.29) is 10.8 Å². The highest BCUT2D eigenvalue weighted by atomic mass is 16.5. The largest absolute Gasteiger partial charge is 0.497 e. The molecule has 2 aromatic rings. The van der Waals surface area contributed by atoms with Gasteiger partial charge in [0.2, 0.25) is 0 Å². The second-order valence-corrected chi connectivity index (χ2v) is 12.5. The summed E-state index contributed by atoms with van der Waals surface area (Å²) in [5, 5.41) is 11.0. The van der Waals surface area contributed by atoms with Crippen LogP contribution in [-0.4, -0.2) is 49.0 Å². The first-order valence-electron chi connectivity index (χ1n) is 13.4. The Bertz CT molecular complexity index is 888. The number of nitrogens with zero attached hydrogens (tertiary/aromatic N) is 1. The average Bonchev–Trinajstić information content (AvgIpc) is 3.02. The molecule has 1 atom stereocenters. The number of aliphatic hydroxyl groups is 1. The molecule has 1 aliphatic heterocycles. The molecule has 35 heavy (non-hydrogen) atoms. The first kappa shape index (κ1) is 27.5. The lowest BCUT2D eigenvalue weighted by Crippen LogP contribution is -2.53. The van der Waals surface area contributed by atoms with Crippen LogP contribution in [0.25, 0.3) is 0 Å². The van der Waals surface area contributed by atoms with Crippen LogP contribution in [0.1, 0.15) is 77.8 Å². The topological polar surface area (TPSA) is 38.7 Å². The highest BCUT2D eigenvalue weighted by Gasteiger charge is 2.32. The molecule has 0 radical (unpaired) electrons. The van der Waals surface area contributed by atoms with Crippen molar-refractivity contribution in [2.45, 2.75) is 84.8 Å². The van der Waals surface area contributed by atoms with Gasteiger partial charge in [-0.2, -0.15) is 0 Å². The van der Waals surface area contributed by atoms with E-state index < -0.39 is 6.10 Å². The molecule has 1 aliphatic rings. The summed E-state index contributed by atoms with van der Waals surface area (Å²) in [6.45, 7) is 15.7. The molecule has 1 heterocycles. The van der Waals surface area contributed by atoms with Crippen LogP contribution in [0, 0.1) is 5.41 Å². The van der Waals surface area contributed by atoms with Crippen LogP contribution in [0.15, 0.2) is 48.5 Å². The van der Waals surface area contributed by atoms with Crippen LogP contribution in [0.5, 0.6) is 11.5 Å². The van der Waals surface area contributed by atoms with Crippen molar-refractivity contribution in [3.63, 3.8) is 0 Å². The van der Waals surface area contributed by atoms with E-state index in [0.29, 0.717) is 6.61 Å². The van der Waals surface area contributed by atoms with Gasteiger partial charge >= 0.3 is 0 Å². The summed E-state index contributed by atoms with van der Waals surface area (Å²) >= 11 is 0. The summed E-state index contributed by atoms with van der Waals surface area (Å²) in [5.41, 5.74) is 3.02. The van der Waals surface area contributed by atoms with Gasteiger partial charge < -0.3 is 19.1 Å². The minimum atomic E-state index is -0.497. The van der Waals surface area contributed by atoms with E-state index in [9.17, 15) is 5.11 Å². The van der Waals surface area contributed by atoms with Crippen LogP contribution >= 0.6 is 0 Å². The molecule has 3 rings (SSSR count). The van der Waals surface area contributed by atoms with Crippen LogP contribution in [0.2, 0.25) is 0 Å². The van der Waals surface area contributed by atoms with Gasteiger partial charge in [0, 0.05) is 5.56 Å². The average molecular weight is 483 g/mol. The first-order valence-corrected chi connectivity index (χ1v) is 13.4. The molecule has 1 N–H and O–H groups in total. The number of benzene rings is 2. The Morgan fingerprint density at radius 1 is 0.829 bits per heavy atom. The Kier molecular flexibility index (Phi) is 9.28. The van der Waals surface area contributed by atoms with E-state index in [1.54, 1.807) is 7.11 Å². The molecule has 0 bridgehead atoms.